The van der Waals surface area contributed by atoms with Crippen molar-refractivity contribution in [1.29, 1.82) is 0 Å². The molecule has 1 aliphatic carbocycles. The Labute approximate surface area is 138 Å². The Kier molecular flexibility index (Phi) is 3.78. The van der Waals surface area contributed by atoms with Gasteiger partial charge < -0.3 is 4.57 Å². The highest BCUT2D eigenvalue weighted by atomic mass is 127. The van der Waals surface area contributed by atoms with Crippen molar-refractivity contribution in [1.82, 2.24) is 4.57 Å². The highest BCUT2D eigenvalue weighted by molar-refractivity contribution is 14.1. The maximum absolute atomic E-state index is 12.3. The van der Waals surface area contributed by atoms with E-state index >= 15 is 0 Å². The highest BCUT2D eigenvalue weighted by Gasteiger charge is 2.22. The fourth-order valence-corrected chi connectivity index (χ4v) is 3.63. The van der Waals surface area contributed by atoms with Gasteiger partial charge in [-0.2, -0.15) is 0 Å². The Morgan fingerprint density at radius 2 is 1.90 bits per heavy atom. The molecule has 3 heteroatoms. The SMILES string of the molecule is Cc1ccc(C(C)c2cn(C)c(=O)c3c2C=C(I)C3)cc1. The summed E-state index contributed by atoms with van der Waals surface area (Å²) in [7, 11) is 1.85. The summed E-state index contributed by atoms with van der Waals surface area (Å²) in [5.74, 6) is 0.282. The maximum Gasteiger partial charge on any atom is 0.254 e. The first kappa shape index (κ1) is 14.6. The molecule has 21 heavy (non-hydrogen) atoms. The average molecular weight is 391 g/mol. The van der Waals surface area contributed by atoms with Crippen LogP contribution in [0.15, 0.2) is 38.8 Å². The van der Waals surface area contributed by atoms with E-state index in [1.807, 2.05) is 13.2 Å². The maximum atomic E-state index is 12.3. The highest BCUT2D eigenvalue weighted by Crippen LogP contribution is 2.34. The number of allylic oxidation sites excluding steroid dienone is 1. The molecular weight excluding hydrogens is 373 g/mol. The second-order valence-corrected chi connectivity index (χ2v) is 7.18. The summed E-state index contributed by atoms with van der Waals surface area (Å²) < 4.78 is 2.96. The zero-order valence-electron chi connectivity index (χ0n) is 12.5. The van der Waals surface area contributed by atoms with Gasteiger partial charge in [0.25, 0.3) is 5.56 Å². The molecule has 0 aliphatic heterocycles. The van der Waals surface area contributed by atoms with Crippen molar-refractivity contribution in [2.75, 3.05) is 0 Å². The largest absolute Gasteiger partial charge is 0.318 e. The minimum atomic E-state index is 0.132. The van der Waals surface area contributed by atoms with Crippen molar-refractivity contribution in [2.45, 2.75) is 26.2 Å². The van der Waals surface area contributed by atoms with Gasteiger partial charge in [-0.05, 0) is 55.9 Å². The third-order valence-corrected chi connectivity index (χ3v) is 4.93. The van der Waals surface area contributed by atoms with Crippen molar-refractivity contribution < 1.29 is 0 Å². The number of fused-ring (bicyclic) bond motifs is 1. The molecule has 0 fully saturated rings. The summed E-state index contributed by atoms with van der Waals surface area (Å²) in [6.45, 7) is 4.31. The number of aromatic nitrogens is 1. The average Bonchev–Trinajstić information content (AvgIpc) is 2.85. The van der Waals surface area contributed by atoms with E-state index in [2.05, 4.69) is 66.8 Å². The number of aryl methyl sites for hydroxylation is 2. The molecule has 0 saturated heterocycles. The summed E-state index contributed by atoms with van der Waals surface area (Å²) in [6, 6.07) is 8.66. The number of hydrogen-bond donors (Lipinski definition) is 0. The van der Waals surface area contributed by atoms with Gasteiger partial charge in [0.05, 0.1) is 0 Å². The lowest BCUT2D eigenvalue weighted by atomic mass is 9.89. The van der Waals surface area contributed by atoms with Crippen LogP contribution < -0.4 is 5.56 Å². The molecule has 1 heterocycles. The molecular formula is C18H18INO. The minimum absolute atomic E-state index is 0.132. The van der Waals surface area contributed by atoms with E-state index in [-0.39, 0.29) is 11.5 Å². The van der Waals surface area contributed by atoms with Crippen molar-refractivity contribution in [2.24, 2.45) is 7.05 Å². The second kappa shape index (κ2) is 5.44. The fourth-order valence-electron chi connectivity index (χ4n) is 2.94. The lowest BCUT2D eigenvalue weighted by molar-refractivity contribution is 0.799. The van der Waals surface area contributed by atoms with E-state index < -0.39 is 0 Å². The van der Waals surface area contributed by atoms with Gasteiger partial charge in [-0.3, -0.25) is 4.79 Å². The zero-order valence-corrected chi connectivity index (χ0v) is 14.6. The normalized spacial score (nSPS) is 14.8. The molecule has 0 spiro atoms. The Bertz CT molecular complexity index is 784. The van der Waals surface area contributed by atoms with Crippen LogP contribution in [0.1, 0.15) is 40.7 Å². The summed E-state index contributed by atoms with van der Waals surface area (Å²) in [6.07, 6.45) is 4.94. The van der Waals surface area contributed by atoms with Crippen LogP contribution in [0, 0.1) is 6.92 Å². The Morgan fingerprint density at radius 3 is 2.57 bits per heavy atom. The molecule has 0 bridgehead atoms. The van der Waals surface area contributed by atoms with Crippen LogP contribution >= 0.6 is 22.6 Å². The fraction of sp³-hybridized carbons (Fsp3) is 0.278. The van der Waals surface area contributed by atoms with E-state index in [9.17, 15) is 4.79 Å². The molecule has 1 aliphatic rings. The van der Waals surface area contributed by atoms with Crippen LogP contribution in [0.2, 0.25) is 0 Å². The molecule has 1 atom stereocenters. The van der Waals surface area contributed by atoms with E-state index in [4.69, 9.17) is 0 Å². The van der Waals surface area contributed by atoms with Crippen LogP contribution in [-0.4, -0.2) is 4.57 Å². The molecule has 1 aromatic carbocycles. The number of pyridine rings is 1. The zero-order chi connectivity index (χ0) is 15.1. The van der Waals surface area contributed by atoms with Gasteiger partial charge >= 0.3 is 0 Å². The van der Waals surface area contributed by atoms with Crippen LogP contribution in [0.25, 0.3) is 6.08 Å². The van der Waals surface area contributed by atoms with Gasteiger partial charge in [0.1, 0.15) is 0 Å². The van der Waals surface area contributed by atoms with Gasteiger partial charge in [0, 0.05) is 31.1 Å². The Hall–Kier alpha value is -1.36. The van der Waals surface area contributed by atoms with E-state index in [0.29, 0.717) is 0 Å². The first-order chi connectivity index (χ1) is 9.97. The molecule has 0 saturated carbocycles. The van der Waals surface area contributed by atoms with Crippen LogP contribution in [0.5, 0.6) is 0 Å². The van der Waals surface area contributed by atoms with Gasteiger partial charge in [0.2, 0.25) is 0 Å². The molecule has 1 aromatic heterocycles. The summed E-state index contributed by atoms with van der Waals surface area (Å²) in [5, 5.41) is 0. The summed E-state index contributed by atoms with van der Waals surface area (Å²) >= 11 is 2.33. The van der Waals surface area contributed by atoms with Crippen LogP contribution in [0.3, 0.4) is 0 Å². The number of halogens is 1. The first-order valence-corrected chi connectivity index (χ1v) is 8.20. The quantitative estimate of drug-likeness (QED) is 0.705. The van der Waals surface area contributed by atoms with E-state index in [1.54, 1.807) is 4.57 Å². The third kappa shape index (κ3) is 2.59. The third-order valence-electron chi connectivity index (χ3n) is 4.24. The molecule has 0 radical (unpaired) electrons. The Balaban J connectivity index is 2.15. The topological polar surface area (TPSA) is 22.0 Å². The van der Waals surface area contributed by atoms with E-state index in [0.717, 1.165) is 17.5 Å². The van der Waals surface area contributed by atoms with E-state index in [1.165, 1.54) is 20.3 Å². The van der Waals surface area contributed by atoms with Crippen molar-refractivity contribution in [3.05, 3.63) is 72.2 Å². The van der Waals surface area contributed by atoms with Crippen LogP contribution in [-0.2, 0) is 13.5 Å². The number of hydrogen-bond acceptors (Lipinski definition) is 1. The summed E-state index contributed by atoms with van der Waals surface area (Å²) in [4.78, 5) is 12.3. The molecule has 2 nitrogen and oxygen atoms in total. The number of nitrogens with zero attached hydrogens (tertiary/aromatic N) is 1. The smallest absolute Gasteiger partial charge is 0.254 e. The first-order valence-electron chi connectivity index (χ1n) is 7.12. The van der Waals surface area contributed by atoms with Crippen molar-refractivity contribution >= 4 is 28.7 Å². The van der Waals surface area contributed by atoms with Crippen LogP contribution in [0.4, 0.5) is 0 Å². The van der Waals surface area contributed by atoms with Crippen molar-refractivity contribution in [3.8, 4) is 0 Å². The number of rotatable bonds is 2. The molecule has 1 unspecified atom stereocenters. The molecule has 2 aromatic rings. The number of benzene rings is 1. The van der Waals surface area contributed by atoms with Gasteiger partial charge in [-0.15, -0.1) is 0 Å². The lowest BCUT2D eigenvalue weighted by Crippen LogP contribution is -2.22. The Morgan fingerprint density at radius 1 is 1.24 bits per heavy atom. The van der Waals surface area contributed by atoms with Crippen molar-refractivity contribution in [3.63, 3.8) is 0 Å². The van der Waals surface area contributed by atoms with Gasteiger partial charge in [0.15, 0.2) is 0 Å². The minimum Gasteiger partial charge on any atom is -0.318 e. The summed E-state index contributed by atoms with van der Waals surface area (Å²) in [5.41, 5.74) is 6.01. The van der Waals surface area contributed by atoms with Gasteiger partial charge in [-0.1, -0.05) is 36.8 Å². The lowest BCUT2D eigenvalue weighted by Gasteiger charge is -2.17. The standard InChI is InChI=1S/C18H18INO/c1-11-4-6-13(7-5-11)12(2)17-10-20(3)18(21)16-9-14(19)8-15(16)17/h4-8,10,12H,9H2,1-3H3. The molecule has 3 rings (SSSR count). The molecule has 108 valence electrons. The molecule has 0 amide bonds. The monoisotopic (exact) mass is 391 g/mol. The molecule has 0 N–H and O–H groups in total. The van der Waals surface area contributed by atoms with Gasteiger partial charge in [-0.25, -0.2) is 0 Å². The predicted octanol–water partition coefficient (Wildman–Crippen LogP) is 4.18. The predicted molar refractivity (Wildman–Crippen MR) is 96.1 cm³/mol. The second-order valence-electron chi connectivity index (χ2n) is 5.79.